The number of methoxy groups -OCH3 is 1. The Hall–Kier alpha value is -0.900. The van der Waals surface area contributed by atoms with E-state index in [1.165, 1.54) is 0 Å². The first kappa shape index (κ1) is 13.2. The van der Waals surface area contributed by atoms with Crippen LogP contribution in [0.4, 0.5) is 0 Å². The Kier molecular flexibility index (Phi) is 5.46. The minimum Gasteiger partial charge on any atom is -0.384 e. The zero-order chi connectivity index (χ0) is 12.0. The van der Waals surface area contributed by atoms with E-state index in [-0.39, 0.29) is 17.7 Å². The number of piperidine rings is 1. The molecule has 0 spiro atoms. The number of likely N-dealkylation sites (tertiary alicyclic amines) is 1. The van der Waals surface area contributed by atoms with E-state index in [1.54, 1.807) is 14.0 Å². The topological polar surface area (TPSA) is 46.6 Å². The summed E-state index contributed by atoms with van der Waals surface area (Å²) in [5.41, 5.74) is 0. The highest BCUT2D eigenvalue weighted by molar-refractivity contribution is 5.79. The number of ketones is 1. The molecule has 0 aromatic rings. The van der Waals surface area contributed by atoms with Crippen LogP contribution in [-0.2, 0) is 14.3 Å². The molecule has 1 fully saturated rings. The molecule has 0 aliphatic carbocycles. The van der Waals surface area contributed by atoms with Gasteiger partial charge in [-0.3, -0.25) is 9.59 Å². The second-order valence-electron chi connectivity index (χ2n) is 4.39. The van der Waals surface area contributed by atoms with Crippen molar-refractivity contribution in [3.05, 3.63) is 0 Å². The fourth-order valence-corrected chi connectivity index (χ4v) is 2.21. The van der Waals surface area contributed by atoms with Gasteiger partial charge in [-0.15, -0.1) is 0 Å². The summed E-state index contributed by atoms with van der Waals surface area (Å²) < 4.78 is 4.91. The van der Waals surface area contributed by atoms with E-state index in [1.807, 2.05) is 4.90 Å². The molecule has 1 heterocycles. The number of Topliss-reactive ketones (excluding diaryl/α,β-unsaturated/α-hetero) is 1. The minimum atomic E-state index is 0.118. The molecule has 1 rings (SSSR count). The molecule has 1 saturated heterocycles. The van der Waals surface area contributed by atoms with Crippen molar-refractivity contribution in [2.75, 3.05) is 20.3 Å². The van der Waals surface area contributed by atoms with E-state index in [0.29, 0.717) is 19.4 Å². The average Bonchev–Trinajstić information content (AvgIpc) is 2.26. The third-order valence-electron chi connectivity index (χ3n) is 2.99. The molecule has 0 bridgehead atoms. The highest BCUT2D eigenvalue weighted by Gasteiger charge is 2.26. The van der Waals surface area contributed by atoms with Gasteiger partial charge in [-0.05, 0) is 26.2 Å². The third-order valence-corrected chi connectivity index (χ3v) is 2.99. The summed E-state index contributed by atoms with van der Waals surface area (Å²) in [6.45, 7) is 2.84. The van der Waals surface area contributed by atoms with Gasteiger partial charge in [0.2, 0.25) is 5.91 Å². The van der Waals surface area contributed by atoms with Crippen LogP contribution in [-0.4, -0.2) is 42.9 Å². The van der Waals surface area contributed by atoms with Crippen LogP contribution in [0.3, 0.4) is 0 Å². The van der Waals surface area contributed by atoms with Crippen molar-refractivity contribution in [3.8, 4) is 0 Å². The molecule has 4 heteroatoms. The zero-order valence-corrected chi connectivity index (χ0v) is 10.2. The van der Waals surface area contributed by atoms with Crippen LogP contribution in [0.25, 0.3) is 0 Å². The monoisotopic (exact) mass is 227 g/mol. The van der Waals surface area contributed by atoms with Crippen molar-refractivity contribution >= 4 is 11.7 Å². The van der Waals surface area contributed by atoms with E-state index in [9.17, 15) is 9.59 Å². The number of hydrogen-bond donors (Lipinski definition) is 0. The summed E-state index contributed by atoms with van der Waals surface area (Å²) in [5.74, 6) is 0.282. The number of carbonyl (C=O) groups is 2. The molecule has 16 heavy (non-hydrogen) atoms. The zero-order valence-electron chi connectivity index (χ0n) is 10.2. The standard InChI is InChI=1S/C12H21NO3/c1-10(14)9-11-5-3-4-7-13(11)12(15)6-8-16-2/h11H,3-9H2,1-2H3. The summed E-state index contributed by atoms with van der Waals surface area (Å²) in [5, 5.41) is 0. The third kappa shape index (κ3) is 3.93. The van der Waals surface area contributed by atoms with Crippen LogP contribution in [0.5, 0.6) is 0 Å². The largest absolute Gasteiger partial charge is 0.384 e. The molecule has 1 aliphatic heterocycles. The number of nitrogens with zero attached hydrogens (tertiary/aromatic N) is 1. The van der Waals surface area contributed by atoms with Crippen molar-refractivity contribution in [3.63, 3.8) is 0 Å². The molecule has 92 valence electrons. The van der Waals surface area contributed by atoms with Crippen molar-refractivity contribution in [1.29, 1.82) is 0 Å². The van der Waals surface area contributed by atoms with Crippen LogP contribution in [0, 0.1) is 0 Å². The lowest BCUT2D eigenvalue weighted by molar-refractivity contribution is -0.136. The van der Waals surface area contributed by atoms with Crippen LogP contribution >= 0.6 is 0 Å². The van der Waals surface area contributed by atoms with Crippen molar-refractivity contribution in [2.24, 2.45) is 0 Å². The first-order valence-electron chi connectivity index (χ1n) is 5.93. The second kappa shape index (κ2) is 6.63. The Morgan fingerprint density at radius 1 is 1.38 bits per heavy atom. The maximum atomic E-state index is 11.9. The van der Waals surface area contributed by atoms with Crippen molar-refractivity contribution < 1.29 is 14.3 Å². The first-order chi connectivity index (χ1) is 7.65. The second-order valence-corrected chi connectivity index (χ2v) is 4.39. The van der Waals surface area contributed by atoms with Gasteiger partial charge in [0, 0.05) is 26.1 Å². The van der Waals surface area contributed by atoms with Gasteiger partial charge in [0.05, 0.1) is 13.0 Å². The lowest BCUT2D eigenvalue weighted by Gasteiger charge is -2.35. The Labute approximate surface area is 96.9 Å². The number of amides is 1. The van der Waals surface area contributed by atoms with E-state index < -0.39 is 0 Å². The van der Waals surface area contributed by atoms with Crippen molar-refractivity contribution in [1.82, 2.24) is 4.90 Å². The van der Waals surface area contributed by atoms with Gasteiger partial charge in [0.15, 0.2) is 0 Å². The Balaban J connectivity index is 2.51. The lowest BCUT2D eigenvalue weighted by atomic mass is 9.97. The Morgan fingerprint density at radius 3 is 2.75 bits per heavy atom. The van der Waals surface area contributed by atoms with Gasteiger partial charge in [0.25, 0.3) is 0 Å². The number of hydrogen-bond acceptors (Lipinski definition) is 3. The Morgan fingerprint density at radius 2 is 2.12 bits per heavy atom. The van der Waals surface area contributed by atoms with Crippen LogP contribution in [0.1, 0.15) is 39.0 Å². The van der Waals surface area contributed by atoms with Gasteiger partial charge in [-0.1, -0.05) is 0 Å². The van der Waals surface area contributed by atoms with Crippen LogP contribution in [0.15, 0.2) is 0 Å². The van der Waals surface area contributed by atoms with Gasteiger partial charge in [-0.2, -0.15) is 0 Å². The summed E-state index contributed by atoms with van der Waals surface area (Å²) in [6, 6.07) is 0.121. The average molecular weight is 227 g/mol. The molecule has 0 aromatic carbocycles. The molecule has 1 aliphatic rings. The normalized spacial score (nSPS) is 20.9. The van der Waals surface area contributed by atoms with E-state index >= 15 is 0 Å². The van der Waals surface area contributed by atoms with Gasteiger partial charge in [-0.25, -0.2) is 0 Å². The molecule has 1 amide bonds. The maximum Gasteiger partial charge on any atom is 0.225 e. The van der Waals surface area contributed by atoms with E-state index in [2.05, 4.69) is 0 Å². The highest BCUT2D eigenvalue weighted by Crippen LogP contribution is 2.20. The molecule has 4 nitrogen and oxygen atoms in total. The van der Waals surface area contributed by atoms with Gasteiger partial charge < -0.3 is 9.64 Å². The number of ether oxygens (including phenoxy) is 1. The number of carbonyl (C=O) groups excluding carboxylic acids is 2. The molecular formula is C12H21NO3. The predicted molar refractivity (Wildman–Crippen MR) is 61.1 cm³/mol. The molecule has 1 unspecified atom stereocenters. The van der Waals surface area contributed by atoms with Gasteiger partial charge >= 0.3 is 0 Å². The van der Waals surface area contributed by atoms with E-state index in [4.69, 9.17) is 4.74 Å². The Bertz CT molecular complexity index is 253. The minimum absolute atomic E-state index is 0.118. The number of rotatable bonds is 5. The lowest BCUT2D eigenvalue weighted by Crippen LogP contribution is -2.44. The molecule has 0 saturated carbocycles. The molecule has 0 aromatic heterocycles. The molecule has 0 N–H and O–H groups in total. The summed E-state index contributed by atoms with van der Waals surface area (Å²) >= 11 is 0. The first-order valence-corrected chi connectivity index (χ1v) is 5.93. The van der Waals surface area contributed by atoms with Crippen molar-refractivity contribution in [2.45, 2.75) is 45.1 Å². The molecule has 0 radical (unpaired) electrons. The highest BCUT2D eigenvalue weighted by atomic mass is 16.5. The SMILES string of the molecule is COCCC(=O)N1CCCCC1CC(C)=O. The van der Waals surface area contributed by atoms with E-state index in [0.717, 1.165) is 25.8 Å². The van der Waals surface area contributed by atoms with Gasteiger partial charge in [0.1, 0.15) is 5.78 Å². The predicted octanol–water partition coefficient (Wildman–Crippen LogP) is 1.38. The quantitative estimate of drug-likeness (QED) is 0.713. The maximum absolute atomic E-state index is 11.9. The summed E-state index contributed by atoms with van der Waals surface area (Å²) in [4.78, 5) is 24.9. The van der Waals surface area contributed by atoms with Crippen LogP contribution in [0.2, 0.25) is 0 Å². The fraction of sp³-hybridized carbons (Fsp3) is 0.833. The molecule has 1 atom stereocenters. The molecular weight excluding hydrogens is 206 g/mol. The smallest absolute Gasteiger partial charge is 0.225 e. The summed E-state index contributed by atoms with van der Waals surface area (Å²) in [7, 11) is 1.59. The van der Waals surface area contributed by atoms with Crippen LogP contribution < -0.4 is 0 Å². The fourth-order valence-electron chi connectivity index (χ4n) is 2.21. The summed E-state index contributed by atoms with van der Waals surface area (Å²) in [6.07, 6.45) is 4.04.